The van der Waals surface area contributed by atoms with E-state index >= 15 is 0 Å². The molecule has 18 heavy (non-hydrogen) atoms. The van der Waals surface area contributed by atoms with Crippen LogP contribution in [-0.4, -0.2) is 20.1 Å². The zero-order chi connectivity index (χ0) is 13.0. The monoisotopic (exact) mass is 269 g/mol. The van der Waals surface area contributed by atoms with E-state index in [2.05, 4.69) is 4.72 Å². The topological polar surface area (TPSA) is 66.4 Å². The maximum absolute atomic E-state index is 11.9. The lowest BCUT2D eigenvalue weighted by atomic mass is 9.86. The summed E-state index contributed by atoms with van der Waals surface area (Å²) in [7, 11) is -3.26. The Kier molecular flexibility index (Phi) is 4.37. The Balaban J connectivity index is 1.93. The third kappa shape index (κ3) is 3.80. The molecular weight excluding hydrogens is 250 g/mol. The number of rotatable bonds is 6. The molecule has 1 aliphatic carbocycles. The molecule has 0 heterocycles. The summed E-state index contributed by atoms with van der Waals surface area (Å²) in [6.07, 6.45) is 3.47. The molecule has 0 aliphatic heterocycles. The highest BCUT2D eigenvalue weighted by atomic mass is 32.2. The molecule has 4 nitrogen and oxygen atoms in total. The fourth-order valence-electron chi connectivity index (χ4n) is 2.03. The molecule has 5 heteroatoms. The van der Waals surface area contributed by atoms with Crippen molar-refractivity contribution < 1.29 is 13.5 Å². The van der Waals surface area contributed by atoms with Gasteiger partial charge >= 0.3 is 0 Å². The second-order valence-corrected chi connectivity index (χ2v) is 6.69. The number of nitrogens with one attached hydrogen (secondary N) is 1. The standard InChI is InChI=1S/C13H19NO3S/c15-9-12-5-2-6-13(7-12)10-18(16,17)14-8-11-3-1-4-11/h2,5-7,11,14-15H,1,3-4,8-10H2. The molecule has 0 unspecified atom stereocenters. The van der Waals surface area contributed by atoms with Crippen molar-refractivity contribution in [1.29, 1.82) is 0 Å². The Labute approximate surface area is 108 Å². The van der Waals surface area contributed by atoms with Crippen LogP contribution in [0.2, 0.25) is 0 Å². The van der Waals surface area contributed by atoms with Crippen molar-refractivity contribution in [2.45, 2.75) is 31.6 Å². The van der Waals surface area contributed by atoms with E-state index in [1.165, 1.54) is 6.42 Å². The molecule has 1 saturated carbocycles. The van der Waals surface area contributed by atoms with E-state index in [9.17, 15) is 8.42 Å². The second-order valence-electron chi connectivity index (χ2n) is 4.88. The minimum atomic E-state index is -3.26. The molecule has 0 spiro atoms. The average molecular weight is 269 g/mol. The summed E-state index contributed by atoms with van der Waals surface area (Å²) in [6, 6.07) is 7.03. The van der Waals surface area contributed by atoms with Crippen LogP contribution in [0.25, 0.3) is 0 Å². The Morgan fingerprint density at radius 1 is 1.28 bits per heavy atom. The van der Waals surface area contributed by atoms with Gasteiger partial charge in [-0.3, -0.25) is 0 Å². The molecule has 1 aromatic rings. The summed E-state index contributed by atoms with van der Waals surface area (Å²) in [6.45, 7) is 0.491. The lowest BCUT2D eigenvalue weighted by Gasteiger charge is -2.25. The third-order valence-corrected chi connectivity index (χ3v) is 4.67. The fraction of sp³-hybridized carbons (Fsp3) is 0.538. The quantitative estimate of drug-likeness (QED) is 0.820. The molecule has 1 aromatic carbocycles. The van der Waals surface area contributed by atoms with Crippen LogP contribution in [0.15, 0.2) is 24.3 Å². The van der Waals surface area contributed by atoms with Gasteiger partial charge in [-0.05, 0) is 29.9 Å². The van der Waals surface area contributed by atoms with Crippen LogP contribution in [0, 0.1) is 5.92 Å². The summed E-state index contributed by atoms with van der Waals surface area (Å²) in [5, 5.41) is 9.01. The van der Waals surface area contributed by atoms with E-state index in [1.807, 2.05) is 0 Å². The van der Waals surface area contributed by atoms with Crippen LogP contribution in [-0.2, 0) is 22.4 Å². The lowest BCUT2D eigenvalue weighted by Crippen LogP contribution is -2.33. The summed E-state index contributed by atoms with van der Waals surface area (Å²) < 4.78 is 26.4. The number of hydrogen-bond donors (Lipinski definition) is 2. The summed E-state index contributed by atoms with van der Waals surface area (Å²) >= 11 is 0. The average Bonchev–Trinajstić information content (AvgIpc) is 2.26. The van der Waals surface area contributed by atoms with Crippen molar-refractivity contribution in [3.05, 3.63) is 35.4 Å². The van der Waals surface area contributed by atoms with Gasteiger partial charge in [0.05, 0.1) is 12.4 Å². The minimum absolute atomic E-state index is 0.0203. The van der Waals surface area contributed by atoms with Gasteiger partial charge in [-0.25, -0.2) is 13.1 Å². The van der Waals surface area contributed by atoms with Gasteiger partial charge in [0, 0.05) is 6.54 Å². The molecule has 0 bridgehead atoms. The minimum Gasteiger partial charge on any atom is -0.392 e. The van der Waals surface area contributed by atoms with Crippen molar-refractivity contribution in [1.82, 2.24) is 4.72 Å². The molecule has 2 rings (SSSR count). The SMILES string of the molecule is O=S(=O)(Cc1cccc(CO)c1)NCC1CCC1. The van der Waals surface area contributed by atoms with E-state index in [-0.39, 0.29) is 12.4 Å². The van der Waals surface area contributed by atoms with Crippen LogP contribution in [0.3, 0.4) is 0 Å². The zero-order valence-corrected chi connectivity index (χ0v) is 11.1. The Bertz CT molecular complexity index is 495. The molecule has 0 amide bonds. The second kappa shape index (κ2) is 5.82. The smallest absolute Gasteiger partial charge is 0.215 e. The van der Waals surface area contributed by atoms with Crippen molar-refractivity contribution in [3.8, 4) is 0 Å². The van der Waals surface area contributed by atoms with Gasteiger partial charge in [0.1, 0.15) is 0 Å². The molecule has 1 aliphatic rings. The van der Waals surface area contributed by atoms with Gasteiger partial charge in [0.2, 0.25) is 10.0 Å². The number of aliphatic hydroxyl groups is 1. The largest absolute Gasteiger partial charge is 0.392 e. The first-order chi connectivity index (χ1) is 8.59. The Hall–Kier alpha value is -0.910. The van der Waals surface area contributed by atoms with Crippen molar-refractivity contribution in [2.24, 2.45) is 5.92 Å². The van der Waals surface area contributed by atoms with E-state index < -0.39 is 10.0 Å². The Morgan fingerprint density at radius 2 is 2.00 bits per heavy atom. The van der Waals surface area contributed by atoms with Crippen LogP contribution >= 0.6 is 0 Å². The highest BCUT2D eigenvalue weighted by molar-refractivity contribution is 7.88. The van der Waals surface area contributed by atoms with E-state index in [0.29, 0.717) is 18.0 Å². The van der Waals surface area contributed by atoms with Crippen molar-refractivity contribution in [3.63, 3.8) is 0 Å². The van der Waals surface area contributed by atoms with Crippen LogP contribution in [0.1, 0.15) is 30.4 Å². The first-order valence-corrected chi connectivity index (χ1v) is 7.90. The van der Waals surface area contributed by atoms with E-state index in [4.69, 9.17) is 5.11 Å². The number of benzene rings is 1. The predicted molar refractivity (Wildman–Crippen MR) is 70.3 cm³/mol. The molecule has 0 saturated heterocycles. The zero-order valence-electron chi connectivity index (χ0n) is 10.3. The van der Waals surface area contributed by atoms with Crippen LogP contribution < -0.4 is 4.72 Å². The highest BCUT2D eigenvalue weighted by Crippen LogP contribution is 2.25. The predicted octanol–water partition coefficient (Wildman–Crippen LogP) is 1.40. The summed E-state index contributed by atoms with van der Waals surface area (Å²) in [5.74, 6) is 0.497. The van der Waals surface area contributed by atoms with Crippen molar-refractivity contribution in [2.75, 3.05) is 6.54 Å². The van der Waals surface area contributed by atoms with Gasteiger partial charge in [-0.15, -0.1) is 0 Å². The highest BCUT2D eigenvalue weighted by Gasteiger charge is 2.20. The molecule has 100 valence electrons. The van der Waals surface area contributed by atoms with Gasteiger partial charge in [-0.2, -0.15) is 0 Å². The summed E-state index contributed by atoms with van der Waals surface area (Å²) in [4.78, 5) is 0. The number of sulfonamides is 1. The molecule has 1 fully saturated rings. The van der Waals surface area contributed by atoms with E-state index in [1.54, 1.807) is 24.3 Å². The third-order valence-electron chi connectivity index (χ3n) is 3.35. The molecule has 0 aromatic heterocycles. The summed E-state index contributed by atoms with van der Waals surface area (Å²) in [5.41, 5.74) is 1.45. The van der Waals surface area contributed by atoms with Gasteiger partial charge in [0.25, 0.3) is 0 Å². The van der Waals surface area contributed by atoms with Gasteiger partial charge in [-0.1, -0.05) is 30.7 Å². The van der Waals surface area contributed by atoms with Crippen LogP contribution in [0.5, 0.6) is 0 Å². The molecular formula is C13H19NO3S. The first-order valence-electron chi connectivity index (χ1n) is 6.25. The molecule has 0 radical (unpaired) electrons. The normalized spacial score (nSPS) is 16.5. The van der Waals surface area contributed by atoms with Crippen molar-refractivity contribution >= 4 is 10.0 Å². The molecule has 2 N–H and O–H groups in total. The van der Waals surface area contributed by atoms with E-state index in [0.717, 1.165) is 18.4 Å². The fourth-order valence-corrected chi connectivity index (χ4v) is 3.24. The van der Waals surface area contributed by atoms with Crippen LogP contribution in [0.4, 0.5) is 0 Å². The number of aliphatic hydroxyl groups excluding tert-OH is 1. The van der Waals surface area contributed by atoms with Gasteiger partial charge in [0.15, 0.2) is 0 Å². The lowest BCUT2D eigenvalue weighted by molar-refractivity contribution is 0.281. The maximum atomic E-state index is 11.9. The molecule has 0 atom stereocenters. The first kappa shape index (κ1) is 13.5. The Morgan fingerprint density at radius 3 is 2.61 bits per heavy atom. The maximum Gasteiger partial charge on any atom is 0.215 e. The number of hydrogen-bond acceptors (Lipinski definition) is 3. The van der Waals surface area contributed by atoms with Gasteiger partial charge < -0.3 is 5.11 Å².